The van der Waals surface area contributed by atoms with Gasteiger partial charge in [-0.15, -0.1) is 6.58 Å². The molecule has 0 aliphatic heterocycles. The standard InChI is InChI=1S/C37H63F2N5O7S/c1-8-23-40-32(47)29(45)27(17-16-18-28(38)39)41-31(46)26(3)44(24-9-2)33(48)30(36(7)19-12-10-13-20-36)42-34(49)43-37(21-14-11-15-22-37)25-52(50,51)35(4,5)6/h8,26-28,30H,1,9-25H2,2-7H3,(H,40,47)(H,41,46)(H2,42,43,49)/t26-,27-,30+/m0/s1. The molecule has 5 amide bonds. The first-order valence-corrected chi connectivity index (χ1v) is 20.5. The second-order valence-corrected chi connectivity index (χ2v) is 18.7. The normalized spacial score (nSPS) is 19.0. The molecule has 12 nitrogen and oxygen atoms in total. The van der Waals surface area contributed by atoms with Gasteiger partial charge in [0, 0.05) is 19.5 Å². The van der Waals surface area contributed by atoms with Crippen molar-refractivity contribution in [3.05, 3.63) is 12.7 Å². The number of urea groups is 1. The number of ketones is 1. The maximum Gasteiger partial charge on any atom is 0.315 e. The fourth-order valence-electron chi connectivity index (χ4n) is 7.20. The molecular formula is C37H63F2N5O7S. The maximum absolute atomic E-state index is 14.6. The quantitative estimate of drug-likeness (QED) is 0.107. The van der Waals surface area contributed by atoms with Crippen molar-refractivity contribution in [2.24, 2.45) is 5.41 Å². The van der Waals surface area contributed by atoms with E-state index in [1.165, 1.54) is 17.9 Å². The van der Waals surface area contributed by atoms with Crippen molar-refractivity contribution < 1.29 is 41.2 Å². The SMILES string of the molecule is C=CCNC(=O)C(=O)[C@H](CCCC(F)F)NC(=O)[C@H](C)N(CCC)C(=O)[C@@H](NC(=O)NC1(CS(=O)(=O)C(C)(C)C)CCCCC1)C1(C)CCCCC1. The Morgan fingerprint density at radius 1 is 0.923 bits per heavy atom. The van der Waals surface area contributed by atoms with E-state index in [1.807, 2.05) is 13.8 Å². The molecule has 52 heavy (non-hydrogen) atoms. The van der Waals surface area contributed by atoms with E-state index in [0.29, 0.717) is 32.1 Å². The van der Waals surface area contributed by atoms with Gasteiger partial charge in [-0.05, 0) is 78.1 Å². The Labute approximate surface area is 309 Å². The molecule has 0 heterocycles. The van der Waals surface area contributed by atoms with Crippen molar-refractivity contribution >= 4 is 39.4 Å². The molecule has 2 saturated carbocycles. The van der Waals surface area contributed by atoms with Gasteiger partial charge in [0.1, 0.15) is 12.1 Å². The molecule has 0 aromatic rings. The molecule has 0 aromatic carbocycles. The lowest BCUT2D eigenvalue weighted by atomic mass is 9.70. The van der Waals surface area contributed by atoms with Gasteiger partial charge in [-0.25, -0.2) is 22.0 Å². The Morgan fingerprint density at radius 2 is 1.50 bits per heavy atom. The first kappa shape index (κ1) is 45.1. The van der Waals surface area contributed by atoms with Gasteiger partial charge >= 0.3 is 6.03 Å². The number of hydrogen-bond donors (Lipinski definition) is 4. The molecule has 15 heteroatoms. The van der Waals surface area contributed by atoms with Crippen LogP contribution in [0, 0.1) is 5.41 Å². The van der Waals surface area contributed by atoms with Gasteiger partial charge in [-0.3, -0.25) is 19.2 Å². The van der Waals surface area contributed by atoms with Crippen LogP contribution in [0.2, 0.25) is 0 Å². The number of carbonyl (C=O) groups is 5. The van der Waals surface area contributed by atoms with Crippen LogP contribution in [0.15, 0.2) is 12.7 Å². The number of Topliss-reactive ketones (excluding diaryl/α,β-unsaturated/α-hetero) is 1. The van der Waals surface area contributed by atoms with Gasteiger partial charge in [-0.1, -0.05) is 58.4 Å². The fourth-order valence-corrected chi connectivity index (χ4v) is 8.72. The van der Waals surface area contributed by atoms with Crippen LogP contribution in [0.3, 0.4) is 0 Å². The summed E-state index contributed by atoms with van der Waals surface area (Å²) in [6.45, 7) is 13.8. The lowest BCUT2D eigenvalue weighted by Crippen LogP contribution is -2.65. The van der Waals surface area contributed by atoms with Crippen molar-refractivity contribution in [3.8, 4) is 0 Å². The number of nitrogens with zero attached hydrogens (tertiary/aromatic N) is 1. The Kier molecular flexibility index (Phi) is 17.2. The van der Waals surface area contributed by atoms with Crippen molar-refractivity contribution in [2.75, 3.05) is 18.8 Å². The molecule has 298 valence electrons. The van der Waals surface area contributed by atoms with Crippen molar-refractivity contribution in [3.63, 3.8) is 0 Å². The molecule has 2 aliphatic rings. The third-order valence-corrected chi connectivity index (χ3v) is 13.4. The van der Waals surface area contributed by atoms with Gasteiger partial charge in [0.2, 0.25) is 24.0 Å². The molecule has 0 spiro atoms. The van der Waals surface area contributed by atoms with Crippen molar-refractivity contribution in [2.45, 2.75) is 166 Å². The van der Waals surface area contributed by atoms with Crippen LogP contribution in [-0.2, 0) is 29.0 Å². The molecule has 0 bridgehead atoms. The van der Waals surface area contributed by atoms with Gasteiger partial charge in [0.15, 0.2) is 9.84 Å². The number of carbonyl (C=O) groups excluding carboxylic acids is 5. The zero-order valence-electron chi connectivity index (χ0n) is 32.1. The number of hydrogen-bond acceptors (Lipinski definition) is 7. The zero-order valence-corrected chi connectivity index (χ0v) is 32.9. The van der Waals surface area contributed by atoms with Crippen LogP contribution >= 0.6 is 0 Å². The summed E-state index contributed by atoms with van der Waals surface area (Å²) >= 11 is 0. The smallest absolute Gasteiger partial charge is 0.315 e. The molecule has 3 atom stereocenters. The molecule has 0 unspecified atom stereocenters. The number of amides is 5. The molecule has 0 aromatic heterocycles. The second kappa shape index (κ2) is 19.8. The molecule has 0 radical (unpaired) electrons. The fraction of sp³-hybridized carbons (Fsp3) is 0.811. The van der Waals surface area contributed by atoms with Crippen LogP contribution in [0.4, 0.5) is 13.6 Å². The predicted octanol–water partition coefficient (Wildman–Crippen LogP) is 4.96. The number of sulfone groups is 1. The summed E-state index contributed by atoms with van der Waals surface area (Å²) in [5, 5.41) is 10.8. The van der Waals surface area contributed by atoms with Crippen LogP contribution in [0.5, 0.6) is 0 Å². The molecule has 4 N–H and O–H groups in total. The van der Waals surface area contributed by atoms with E-state index in [-0.39, 0.29) is 31.7 Å². The minimum absolute atomic E-state index is 0.00822. The van der Waals surface area contributed by atoms with Gasteiger partial charge < -0.3 is 26.2 Å². The van der Waals surface area contributed by atoms with E-state index in [9.17, 15) is 41.2 Å². The van der Waals surface area contributed by atoms with Crippen molar-refractivity contribution in [1.82, 2.24) is 26.2 Å². The van der Waals surface area contributed by atoms with Crippen LogP contribution in [-0.4, -0.2) is 96.5 Å². The van der Waals surface area contributed by atoms with Crippen LogP contribution < -0.4 is 21.3 Å². The van der Waals surface area contributed by atoms with E-state index in [4.69, 9.17) is 0 Å². The van der Waals surface area contributed by atoms with E-state index in [1.54, 1.807) is 20.8 Å². The summed E-state index contributed by atoms with van der Waals surface area (Å²) in [5.41, 5.74) is -1.68. The minimum Gasteiger partial charge on any atom is -0.346 e. The first-order chi connectivity index (χ1) is 24.2. The van der Waals surface area contributed by atoms with Gasteiger partial charge in [0.05, 0.1) is 22.1 Å². The molecule has 2 aliphatic carbocycles. The summed E-state index contributed by atoms with van der Waals surface area (Å²) in [5.74, 6) is -3.48. The van der Waals surface area contributed by atoms with E-state index >= 15 is 0 Å². The monoisotopic (exact) mass is 759 g/mol. The number of halogens is 2. The Balaban J connectivity index is 2.41. The number of alkyl halides is 2. The zero-order chi connectivity index (χ0) is 39.3. The molecule has 2 fully saturated rings. The Hall–Kier alpha value is -3.10. The Bertz CT molecular complexity index is 1360. The third-order valence-electron chi connectivity index (χ3n) is 10.6. The predicted molar refractivity (Wildman–Crippen MR) is 197 cm³/mol. The second-order valence-electron chi connectivity index (χ2n) is 15.9. The number of rotatable bonds is 19. The molecule has 2 rings (SSSR count). The summed E-state index contributed by atoms with van der Waals surface area (Å²) in [4.78, 5) is 69.1. The molecule has 0 saturated heterocycles. The molecular weight excluding hydrogens is 696 g/mol. The van der Waals surface area contributed by atoms with Crippen LogP contribution in [0.25, 0.3) is 0 Å². The Morgan fingerprint density at radius 3 is 2.02 bits per heavy atom. The first-order valence-electron chi connectivity index (χ1n) is 18.9. The van der Waals surface area contributed by atoms with E-state index < -0.39 is 86.0 Å². The van der Waals surface area contributed by atoms with E-state index in [2.05, 4.69) is 27.8 Å². The average Bonchev–Trinajstić information content (AvgIpc) is 3.06. The average molecular weight is 760 g/mol. The summed E-state index contributed by atoms with van der Waals surface area (Å²) in [6, 6.07) is -4.28. The highest BCUT2D eigenvalue weighted by Gasteiger charge is 2.47. The lowest BCUT2D eigenvalue weighted by molar-refractivity contribution is -0.145. The minimum atomic E-state index is -3.61. The maximum atomic E-state index is 14.6. The summed E-state index contributed by atoms with van der Waals surface area (Å²) in [7, 11) is -3.61. The number of nitrogens with one attached hydrogen (secondary N) is 4. The van der Waals surface area contributed by atoms with Gasteiger partial charge in [-0.2, -0.15) is 0 Å². The topological polar surface area (TPSA) is 171 Å². The third kappa shape index (κ3) is 12.8. The summed E-state index contributed by atoms with van der Waals surface area (Å²) < 4.78 is 51.6. The van der Waals surface area contributed by atoms with Crippen molar-refractivity contribution in [1.29, 1.82) is 0 Å². The van der Waals surface area contributed by atoms with E-state index in [0.717, 1.165) is 38.5 Å². The highest BCUT2D eigenvalue weighted by molar-refractivity contribution is 7.92. The lowest BCUT2D eigenvalue weighted by Gasteiger charge is -2.44. The highest BCUT2D eigenvalue weighted by atomic mass is 32.2. The van der Waals surface area contributed by atoms with Gasteiger partial charge in [0.25, 0.3) is 5.91 Å². The highest BCUT2D eigenvalue weighted by Crippen LogP contribution is 2.40. The van der Waals surface area contributed by atoms with Crippen LogP contribution in [0.1, 0.15) is 131 Å². The summed E-state index contributed by atoms with van der Waals surface area (Å²) in [6.07, 6.45) is 5.60. The largest absolute Gasteiger partial charge is 0.346 e.